The molecule has 1 amide bonds. The van der Waals surface area contributed by atoms with Gasteiger partial charge in [0.05, 0.1) is 17.0 Å². The van der Waals surface area contributed by atoms with Crippen LogP contribution in [0.3, 0.4) is 0 Å². The van der Waals surface area contributed by atoms with E-state index in [1.807, 2.05) is 48.8 Å². The van der Waals surface area contributed by atoms with E-state index in [0.29, 0.717) is 17.3 Å². The van der Waals surface area contributed by atoms with Gasteiger partial charge in [0.25, 0.3) is 0 Å². The van der Waals surface area contributed by atoms with E-state index in [-0.39, 0.29) is 36.1 Å². The monoisotopic (exact) mass is 481 g/mol. The highest BCUT2D eigenvalue weighted by Gasteiger charge is 2.49. The van der Waals surface area contributed by atoms with Crippen LogP contribution in [0.5, 0.6) is 0 Å². The molecular weight excluding hydrogens is 457 g/mol. The Hall–Kier alpha value is -2.12. The number of hydrogen-bond acceptors (Lipinski definition) is 4. The molecule has 1 aliphatic carbocycles. The molecule has 0 atom stereocenters. The van der Waals surface area contributed by atoms with E-state index in [0.717, 1.165) is 30.1 Å². The van der Waals surface area contributed by atoms with E-state index in [1.165, 1.54) is 5.56 Å². The standard InChI is InChI=1S/C22H24ClN5O.2ClH/c1-27(2)14-19(29)24-16-9-10-17(18(23)13-16)20-25-26-21(28(20)3)22(11-12-22)15-7-5-4-6-8-15;;/h4-10,13H,11-12,14H2,1-3H3,(H,24,29);2*1H. The third kappa shape index (κ3) is 5.04. The van der Waals surface area contributed by atoms with Crippen molar-refractivity contribution in [2.45, 2.75) is 18.3 Å². The number of amides is 1. The number of hydrogen-bond donors (Lipinski definition) is 1. The molecule has 0 radical (unpaired) electrons. The maximum atomic E-state index is 12.0. The molecule has 31 heavy (non-hydrogen) atoms. The van der Waals surface area contributed by atoms with Gasteiger partial charge in [-0.05, 0) is 50.7 Å². The molecule has 1 N–H and O–H groups in total. The Morgan fingerprint density at radius 1 is 1.13 bits per heavy atom. The van der Waals surface area contributed by atoms with Crippen LogP contribution in [0, 0.1) is 0 Å². The molecule has 3 aromatic rings. The highest BCUT2D eigenvalue weighted by Crippen LogP contribution is 2.53. The van der Waals surface area contributed by atoms with Gasteiger partial charge in [0.15, 0.2) is 5.82 Å². The molecule has 4 rings (SSSR count). The first kappa shape index (κ1) is 25.1. The molecule has 2 aromatic carbocycles. The van der Waals surface area contributed by atoms with Gasteiger partial charge in [-0.15, -0.1) is 35.0 Å². The average molecular weight is 483 g/mol. The van der Waals surface area contributed by atoms with Gasteiger partial charge in [0, 0.05) is 18.3 Å². The Morgan fingerprint density at radius 2 is 1.81 bits per heavy atom. The SMILES string of the molecule is CN(C)CC(=O)Nc1ccc(-c2nnc(C3(c4ccccc4)CC3)n2C)c(Cl)c1.Cl.Cl. The lowest BCUT2D eigenvalue weighted by molar-refractivity contribution is -0.116. The molecule has 0 unspecified atom stereocenters. The lowest BCUT2D eigenvalue weighted by Crippen LogP contribution is -2.27. The number of halogens is 3. The quantitative estimate of drug-likeness (QED) is 0.559. The molecule has 6 nitrogen and oxygen atoms in total. The second kappa shape index (κ2) is 10.0. The number of nitrogens with one attached hydrogen (secondary N) is 1. The van der Waals surface area contributed by atoms with Crippen LogP contribution in [-0.2, 0) is 17.3 Å². The molecule has 0 saturated heterocycles. The van der Waals surface area contributed by atoms with Gasteiger partial charge in [0.1, 0.15) is 5.82 Å². The summed E-state index contributed by atoms with van der Waals surface area (Å²) in [4.78, 5) is 13.8. The highest BCUT2D eigenvalue weighted by molar-refractivity contribution is 6.33. The number of aromatic nitrogens is 3. The molecule has 1 heterocycles. The van der Waals surface area contributed by atoms with Crippen LogP contribution >= 0.6 is 36.4 Å². The lowest BCUT2D eigenvalue weighted by atomic mass is 9.95. The molecule has 1 aromatic heterocycles. The van der Waals surface area contributed by atoms with E-state index < -0.39 is 0 Å². The predicted molar refractivity (Wildman–Crippen MR) is 130 cm³/mol. The first-order valence-electron chi connectivity index (χ1n) is 9.60. The van der Waals surface area contributed by atoms with Crippen LogP contribution in [0.4, 0.5) is 5.69 Å². The summed E-state index contributed by atoms with van der Waals surface area (Å²) in [6, 6.07) is 15.9. The van der Waals surface area contributed by atoms with Crippen LogP contribution < -0.4 is 5.32 Å². The Kier molecular flexibility index (Phi) is 8.11. The molecule has 9 heteroatoms. The Bertz CT molecular complexity index is 1050. The minimum absolute atomic E-state index is 0. The number of carbonyl (C=O) groups is 1. The second-order valence-corrected chi connectivity index (χ2v) is 8.24. The first-order valence-corrected chi connectivity index (χ1v) is 9.98. The van der Waals surface area contributed by atoms with Crippen molar-refractivity contribution in [3.05, 3.63) is 64.9 Å². The third-order valence-electron chi connectivity index (χ3n) is 5.33. The summed E-state index contributed by atoms with van der Waals surface area (Å²) in [6.07, 6.45) is 2.13. The van der Waals surface area contributed by atoms with Crippen molar-refractivity contribution < 1.29 is 4.79 Å². The van der Waals surface area contributed by atoms with Gasteiger partial charge in [0.2, 0.25) is 5.91 Å². The first-order chi connectivity index (χ1) is 13.9. The summed E-state index contributed by atoms with van der Waals surface area (Å²) >= 11 is 6.54. The minimum atomic E-state index is -0.0849. The van der Waals surface area contributed by atoms with Crippen LogP contribution in [0.2, 0.25) is 5.02 Å². The van der Waals surface area contributed by atoms with E-state index in [2.05, 4.69) is 39.8 Å². The normalized spacial score (nSPS) is 13.8. The topological polar surface area (TPSA) is 63.1 Å². The van der Waals surface area contributed by atoms with Crippen molar-refractivity contribution in [1.29, 1.82) is 0 Å². The fourth-order valence-electron chi connectivity index (χ4n) is 3.77. The van der Waals surface area contributed by atoms with Gasteiger partial charge in [-0.3, -0.25) is 4.79 Å². The molecule has 1 aliphatic rings. The van der Waals surface area contributed by atoms with Crippen molar-refractivity contribution in [3.63, 3.8) is 0 Å². The molecule has 166 valence electrons. The third-order valence-corrected chi connectivity index (χ3v) is 5.65. The summed E-state index contributed by atoms with van der Waals surface area (Å²) in [5.74, 6) is 1.59. The number of rotatable bonds is 6. The van der Waals surface area contributed by atoms with E-state index in [1.54, 1.807) is 6.07 Å². The number of carbonyl (C=O) groups excluding carboxylic acids is 1. The zero-order valence-electron chi connectivity index (χ0n) is 17.6. The largest absolute Gasteiger partial charge is 0.325 e. The van der Waals surface area contributed by atoms with Crippen molar-refractivity contribution in [2.24, 2.45) is 7.05 Å². The summed E-state index contributed by atoms with van der Waals surface area (Å²) in [5, 5.41) is 12.4. The van der Waals surface area contributed by atoms with E-state index in [4.69, 9.17) is 11.6 Å². The van der Waals surface area contributed by atoms with Gasteiger partial charge >= 0.3 is 0 Å². The van der Waals surface area contributed by atoms with Gasteiger partial charge < -0.3 is 14.8 Å². The lowest BCUT2D eigenvalue weighted by Gasteiger charge is -2.15. The summed E-state index contributed by atoms with van der Waals surface area (Å²) in [7, 11) is 5.68. The maximum Gasteiger partial charge on any atom is 0.238 e. The van der Waals surface area contributed by atoms with Gasteiger partial charge in [-0.2, -0.15) is 0 Å². The van der Waals surface area contributed by atoms with Crippen molar-refractivity contribution >= 4 is 48.0 Å². The minimum Gasteiger partial charge on any atom is -0.325 e. The van der Waals surface area contributed by atoms with Gasteiger partial charge in [-0.25, -0.2) is 0 Å². The van der Waals surface area contributed by atoms with Crippen LogP contribution in [-0.4, -0.2) is 46.2 Å². The van der Waals surface area contributed by atoms with Crippen molar-refractivity contribution in [1.82, 2.24) is 19.7 Å². The fourth-order valence-corrected chi connectivity index (χ4v) is 4.03. The number of nitrogens with zero attached hydrogens (tertiary/aromatic N) is 4. The Labute approximate surface area is 199 Å². The number of likely N-dealkylation sites (N-methyl/N-ethyl adjacent to an activating group) is 1. The molecule has 1 fully saturated rings. The summed E-state index contributed by atoms with van der Waals surface area (Å²) in [6.45, 7) is 0.313. The van der Waals surface area contributed by atoms with Gasteiger partial charge in [-0.1, -0.05) is 41.9 Å². The Morgan fingerprint density at radius 3 is 2.39 bits per heavy atom. The summed E-state index contributed by atoms with van der Waals surface area (Å²) < 4.78 is 2.03. The average Bonchev–Trinajstić information content (AvgIpc) is 3.39. The zero-order valence-corrected chi connectivity index (χ0v) is 20.0. The molecule has 0 spiro atoms. The van der Waals surface area contributed by atoms with Crippen LogP contribution in [0.15, 0.2) is 48.5 Å². The molecular formula is C22H26Cl3N5O. The second-order valence-electron chi connectivity index (χ2n) is 7.83. The molecule has 1 saturated carbocycles. The molecule has 0 aliphatic heterocycles. The Balaban J connectivity index is 0.00000171. The van der Waals surface area contributed by atoms with Crippen LogP contribution in [0.25, 0.3) is 11.4 Å². The van der Waals surface area contributed by atoms with Crippen molar-refractivity contribution in [3.8, 4) is 11.4 Å². The maximum absolute atomic E-state index is 12.0. The van der Waals surface area contributed by atoms with Crippen LogP contribution in [0.1, 0.15) is 24.2 Å². The van der Waals surface area contributed by atoms with E-state index >= 15 is 0 Å². The smallest absolute Gasteiger partial charge is 0.238 e. The molecule has 0 bridgehead atoms. The number of anilines is 1. The highest BCUT2D eigenvalue weighted by atomic mass is 35.5. The predicted octanol–water partition coefficient (Wildman–Crippen LogP) is 4.56. The summed E-state index contributed by atoms with van der Waals surface area (Å²) in [5.41, 5.74) is 2.67. The van der Waals surface area contributed by atoms with E-state index in [9.17, 15) is 4.79 Å². The van der Waals surface area contributed by atoms with Crippen molar-refractivity contribution in [2.75, 3.05) is 26.0 Å². The fraction of sp³-hybridized carbons (Fsp3) is 0.318. The number of benzene rings is 2. The zero-order chi connectivity index (χ0) is 20.6.